The van der Waals surface area contributed by atoms with Crippen LogP contribution in [0.2, 0.25) is 0 Å². The largest absolute Gasteiger partial charge is 0.310 e. The molecule has 0 heterocycles. The van der Waals surface area contributed by atoms with Gasteiger partial charge in [-0.1, -0.05) is 164 Å². The summed E-state index contributed by atoms with van der Waals surface area (Å²) < 4.78 is 135. The highest BCUT2D eigenvalue weighted by atomic mass is 15.1. The Morgan fingerprint density at radius 1 is 0.333 bits per heavy atom. The molecule has 0 amide bonds. The van der Waals surface area contributed by atoms with E-state index in [9.17, 15) is 8.22 Å². The summed E-state index contributed by atoms with van der Waals surface area (Å²) in [5.74, 6) is 0. The second-order valence-electron chi connectivity index (χ2n) is 11.8. The minimum Gasteiger partial charge on any atom is -0.310 e. The lowest BCUT2D eigenvalue weighted by Crippen LogP contribution is -2.11. The maximum absolute atomic E-state index is 9.74. The summed E-state index contributed by atoms with van der Waals surface area (Å²) in [7, 11) is 0. The molecule has 1 heteroatoms. The molecule has 9 aromatic carbocycles. The Labute approximate surface area is 320 Å². The quantitative estimate of drug-likeness (QED) is 0.164. The van der Waals surface area contributed by atoms with Crippen molar-refractivity contribution in [2.75, 3.05) is 4.90 Å². The van der Waals surface area contributed by atoms with E-state index in [2.05, 4.69) is 6.07 Å². The highest BCUT2D eigenvalue weighted by molar-refractivity contribution is 5.97. The Bertz CT molecular complexity index is 3420. The molecule has 0 aliphatic rings. The third kappa shape index (κ3) is 5.96. The van der Waals surface area contributed by atoms with Gasteiger partial charge in [0.15, 0.2) is 0 Å². The monoisotopic (exact) mass is 664 g/mol. The molecule has 240 valence electrons. The lowest BCUT2D eigenvalue weighted by atomic mass is 9.91. The number of nitrogens with zero attached hydrogens (tertiary/aromatic N) is 1. The number of fused-ring (bicyclic) bond motifs is 2. The van der Waals surface area contributed by atoms with Gasteiger partial charge < -0.3 is 4.90 Å². The van der Waals surface area contributed by atoms with E-state index in [1.54, 1.807) is 17.0 Å². The predicted molar refractivity (Wildman–Crippen MR) is 218 cm³/mol. The molecule has 0 aliphatic carbocycles. The van der Waals surface area contributed by atoms with Gasteiger partial charge in [0.1, 0.15) is 0 Å². The van der Waals surface area contributed by atoms with E-state index in [4.69, 9.17) is 12.3 Å². The SMILES string of the molecule is [2H]c1c([2H])c([2H])c(-c2c(-c3c([2H])c([2H])c(N(c4ccc(-c5ccc6ccccc6c5)cc4)c4ccccc4-c4ccccc4)c([2H])c3[2H])c([2H])c3c([2H])c([2H])c([2H])c([2H])c3c2[2H])c([2H])c1[2H]. The van der Waals surface area contributed by atoms with Crippen LogP contribution in [0, 0.1) is 0 Å². The van der Waals surface area contributed by atoms with E-state index in [1.165, 1.54) is 0 Å². The van der Waals surface area contributed by atoms with Gasteiger partial charge in [0, 0.05) is 16.9 Å². The molecule has 1 nitrogen and oxygen atoms in total. The van der Waals surface area contributed by atoms with E-state index in [-0.39, 0.29) is 5.69 Å². The number of rotatable bonds is 7. The summed E-state index contributed by atoms with van der Waals surface area (Å²) in [6, 6.07) is 27.2. The summed E-state index contributed by atoms with van der Waals surface area (Å²) in [4.78, 5) is 1.61. The molecule has 0 saturated heterocycles. The molecule has 51 heavy (non-hydrogen) atoms. The van der Waals surface area contributed by atoms with E-state index in [0.717, 1.165) is 27.5 Å². The van der Waals surface area contributed by atoms with Crippen molar-refractivity contribution < 1.29 is 20.6 Å². The smallest absolute Gasteiger partial charge is 0.0645 e. The van der Waals surface area contributed by atoms with Crippen LogP contribution in [-0.2, 0) is 0 Å². The van der Waals surface area contributed by atoms with Gasteiger partial charge in [0.2, 0.25) is 0 Å². The first kappa shape index (κ1) is 18.3. The molecule has 0 fully saturated rings. The summed E-state index contributed by atoms with van der Waals surface area (Å²) >= 11 is 0. The fraction of sp³-hybridized carbons (Fsp3) is 0. The molecular formula is C50H35N. The maximum atomic E-state index is 9.74. The van der Waals surface area contributed by atoms with Crippen LogP contribution in [0.4, 0.5) is 17.1 Å². The first-order chi connectivity index (χ1) is 31.5. The normalized spacial score (nSPS) is 15.3. The Hall–Kier alpha value is -6.70. The van der Waals surface area contributed by atoms with Gasteiger partial charge in [0.25, 0.3) is 0 Å². The lowest BCUT2D eigenvalue weighted by Gasteiger charge is -2.28. The molecule has 9 rings (SSSR count). The van der Waals surface area contributed by atoms with Crippen LogP contribution in [0.5, 0.6) is 0 Å². The zero-order valence-electron chi connectivity index (χ0n) is 42.0. The number of hydrogen-bond acceptors (Lipinski definition) is 1. The average molecular weight is 665 g/mol. The van der Waals surface area contributed by atoms with Gasteiger partial charge in [-0.2, -0.15) is 0 Å². The summed E-state index contributed by atoms with van der Waals surface area (Å²) in [6.45, 7) is 0. The molecule has 0 N–H and O–H groups in total. The second-order valence-corrected chi connectivity index (χ2v) is 11.8. The van der Waals surface area contributed by atoms with Crippen molar-refractivity contribution in [1.29, 1.82) is 0 Å². The predicted octanol–water partition coefficient (Wildman–Crippen LogP) is 14.1. The average Bonchev–Trinajstić information content (AvgIpc) is 3.34. The fourth-order valence-corrected chi connectivity index (χ4v) is 6.26. The van der Waals surface area contributed by atoms with Gasteiger partial charge in [-0.05, 0) is 109 Å². The van der Waals surface area contributed by atoms with Crippen LogP contribution in [-0.4, -0.2) is 0 Å². The van der Waals surface area contributed by atoms with Crippen molar-refractivity contribution in [3.8, 4) is 44.5 Å². The molecule has 0 radical (unpaired) electrons. The number of anilines is 3. The minimum atomic E-state index is -0.807. The topological polar surface area (TPSA) is 3.24 Å². The Morgan fingerprint density at radius 3 is 1.65 bits per heavy atom. The molecule has 9 aromatic rings. The van der Waals surface area contributed by atoms with Crippen molar-refractivity contribution in [2.24, 2.45) is 0 Å². The van der Waals surface area contributed by atoms with E-state index >= 15 is 0 Å². The Kier molecular flexibility index (Phi) is 4.79. The van der Waals surface area contributed by atoms with Gasteiger partial charge in [-0.25, -0.2) is 0 Å². The first-order valence-corrected chi connectivity index (χ1v) is 16.3. The van der Waals surface area contributed by atoms with E-state index in [1.807, 2.05) is 103 Å². The zero-order valence-corrected chi connectivity index (χ0v) is 27.0. The van der Waals surface area contributed by atoms with Crippen molar-refractivity contribution >= 4 is 38.6 Å². The molecule has 0 spiro atoms. The summed E-state index contributed by atoms with van der Waals surface area (Å²) in [6.07, 6.45) is 0. The van der Waals surface area contributed by atoms with Gasteiger partial charge in [-0.15, -0.1) is 0 Å². The van der Waals surface area contributed by atoms with Crippen LogP contribution in [0.25, 0.3) is 66.1 Å². The Morgan fingerprint density at radius 2 is 0.922 bits per heavy atom. The van der Waals surface area contributed by atoms with E-state index < -0.39 is 124 Å². The van der Waals surface area contributed by atoms with Crippen LogP contribution in [0.1, 0.15) is 20.6 Å². The number of para-hydroxylation sites is 1. The second kappa shape index (κ2) is 13.3. The maximum Gasteiger partial charge on any atom is 0.0645 e. The first-order valence-electron chi connectivity index (χ1n) is 23.8. The zero-order chi connectivity index (χ0) is 47.0. The third-order valence-electron chi connectivity index (χ3n) is 8.71. The summed E-state index contributed by atoms with van der Waals surface area (Å²) in [5, 5.41) is 1.16. The molecule has 0 atom stereocenters. The number of hydrogen-bond donors (Lipinski definition) is 0. The fourth-order valence-electron chi connectivity index (χ4n) is 6.26. The standard InChI is InChI=1S/C50H35N/c1-3-14-38(15-4-1)47-21-11-12-22-50(47)51(45-29-25-37(26-30-45)44-24-23-36-13-7-8-18-41(36)33-44)46-31-27-40(28-32-46)49-35-43-20-10-9-19-42(43)34-48(49)39-16-5-2-6-17-39/h1-35H/i2D,5D,6D,9D,10D,16D,17D,19D,20D,27D,28D,31D,32D,34D,35D. The third-order valence-corrected chi connectivity index (χ3v) is 8.71. The minimum absolute atomic E-state index is 0.194. The van der Waals surface area contributed by atoms with Crippen molar-refractivity contribution in [3.63, 3.8) is 0 Å². The van der Waals surface area contributed by atoms with Gasteiger partial charge in [0.05, 0.1) is 26.2 Å². The van der Waals surface area contributed by atoms with Crippen LogP contribution in [0.3, 0.4) is 0 Å². The highest BCUT2D eigenvalue weighted by Crippen LogP contribution is 2.43. The van der Waals surface area contributed by atoms with Gasteiger partial charge in [-0.3, -0.25) is 0 Å². The van der Waals surface area contributed by atoms with Crippen LogP contribution in [0.15, 0.2) is 212 Å². The Balaban J connectivity index is 1.36. The molecule has 0 bridgehead atoms. The number of benzene rings is 9. The van der Waals surface area contributed by atoms with Crippen molar-refractivity contribution in [2.45, 2.75) is 0 Å². The highest BCUT2D eigenvalue weighted by Gasteiger charge is 2.18. The molecular weight excluding hydrogens is 615 g/mol. The molecule has 0 unspecified atom stereocenters. The van der Waals surface area contributed by atoms with Crippen LogP contribution < -0.4 is 4.90 Å². The van der Waals surface area contributed by atoms with Gasteiger partial charge >= 0.3 is 0 Å². The van der Waals surface area contributed by atoms with Crippen LogP contribution >= 0.6 is 0 Å². The van der Waals surface area contributed by atoms with Crippen molar-refractivity contribution in [1.82, 2.24) is 0 Å². The molecule has 0 saturated carbocycles. The lowest BCUT2D eigenvalue weighted by molar-refractivity contribution is 1.28. The molecule has 0 aromatic heterocycles. The van der Waals surface area contributed by atoms with Crippen molar-refractivity contribution in [3.05, 3.63) is 212 Å². The van der Waals surface area contributed by atoms with E-state index in [0.29, 0.717) is 16.9 Å². The summed E-state index contributed by atoms with van der Waals surface area (Å²) in [5.41, 5.74) is 1.72. The molecule has 0 aliphatic heterocycles.